The van der Waals surface area contributed by atoms with Crippen LogP contribution < -0.4 is 5.32 Å². The quantitative estimate of drug-likeness (QED) is 0.178. The van der Waals surface area contributed by atoms with Crippen LogP contribution in [0.25, 0.3) is 44.0 Å². The Hall–Kier alpha value is -5.42. The van der Waals surface area contributed by atoms with Crippen LogP contribution in [0.1, 0.15) is 11.1 Å². The molecule has 0 aliphatic carbocycles. The van der Waals surface area contributed by atoms with E-state index in [9.17, 15) is 10.5 Å². The van der Waals surface area contributed by atoms with Crippen molar-refractivity contribution in [3.05, 3.63) is 132 Å². The van der Waals surface area contributed by atoms with Crippen LogP contribution in [0.4, 0.5) is 11.4 Å². The van der Waals surface area contributed by atoms with Gasteiger partial charge in [0.25, 0.3) is 0 Å². The van der Waals surface area contributed by atoms with Gasteiger partial charge in [-0.1, -0.05) is 84.9 Å². The van der Waals surface area contributed by atoms with Gasteiger partial charge in [0.1, 0.15) is 5.75 Å². The van der Waals surface area contributed by atoms with Crippen molar-refractivity contribution in [2.45, 2.75) is 0 Å². The highest BCUT2D eigenvalue weighted by molar-refractivity contribution is 6.22. The summed E-state index contributed by atoms with van der Waals surface area (Å²) in [5, 5.41) is 26.4. The van der Waals surface area contributed by atoms with E-state index in [0.29, 0.717) is 17.0 Å². The molecule has 0 spiro atoms. The summed E-state index contributed by atoms with van der Waals surface area (Å²) < 4.78 is 0. The van der Waals surface area contributed by atoms with Gasteiger partial charge in [-0.15, -0.1) is 0 Å². The van der Waals surface area contributed by atoms with Gasteiger partial charge >= 0.3 is 0 Å². The van der Waals surface area contributed by atoms with Gasteiger partial charge in [-0.3, -0.25) is 5.41 Å². The minimum absolute atomic E-state index is 0.194. The smallest absolute Gasteiger partial charge is 0.124 e. The maximum Gasteiger partial charge on any atom is 0.124 e. The van der Waals surface area contributed by atoms with Gasteiger partial charge in [-0.25, -0.2) is 4.98 Å². The highest BCUT2D eigenvalue weighted by Crippen LogP contribution is 2.34. The Bertz CT molecular complexity index is 2040. The number of nitrogens with one attached hydrogen (secondary N) is 3. The number of fused-ring (bicyclic) bond motifs is 4. The van der Waals surface area contributed by atoms with Crippen molar-refractivity contribution >= 4 is 49.8 Å². The Morgan fingerprint density at radius 2 is 1.38 bits per heavy atom. The van der Waals surface area contributed by atoms with E-state index in [0.717, 1.165) is 55.2 Å². The first-order valence-corrected chi connectivity index (χ1v) is 12.8. The van der Waals surface area contributed by atoms with Crippen LogP contribution in [-0.2, 0) is 0 Å². The summed E-state index contributed by atoms with van der Waals surface area (Å²) >= 11 is 0. The Labute approximate surface area is 224 Å². The summed E-state index contributed by atoms with van der Waals surface area (Å²) in [5.41, 5.74) is 7.89. The molecule has 5 heteroatoms. The van der Waals surface area contributed by atoms with Gasteiger partial charge in [0.05, 0.1) is 28.1 Å². The molecule has 0 unspecified atom stereocenters. The zero-order valence-corrected chi connectivity index (χ0v) is 20.9. The first-order valence-electron chi connectivity index (χ1n) is 12.8. The molecule has 0 amide bonds. The average molecular weight is 505 g/mol. The second-order valence-corrected chi connectivity index (χ2v) is 9.54. The molecule has 0 aliphatic heterocycles. The van der Waals surface area contributed by atoms with Crippen LogP contribution in [0, 0.1) is 5.41 Å². The van der Waals surface area contributed by atoms with Gasteiger partial charge in [0.15, 0.2) is 0 Å². The predicted molar refractivity (Wildman–Crippen MR) is 160 cm³/mol. The lowest BCUT2D eigenvalue weighted by Crippen LogP contribution is -2.06. The van der Waals surface area contributed by atoms with Gasteiger partial charge in [-0.2, -0.15) is 0 Å². The number of hydrogen-bond donors (Lipinski definition) is 4. The number of H-pyrrole nitrogens is 1. The van der Waals surface area contributed by atoms with Gasteiger partial charge in [0, 0.05) is 44.1 Å². The lowest BCUT2D eigenvalue weighted by molar-refractivity contribution is 0.477. The van der Waals surface area contributed by atoms with E-state index < -0.39 is 0 Å². The van der Waals surface area contributed by atoms with Crippen molar-refractivity contribution in [3.8, 4) is 17.0 Å². The fourth-order valence-electron chi connectivity index (χ4n) is 5.27. The number of nitrogens with zero attached hydrogens (tertiary/aromatic N) is 1. The summed E-state index contributed by atoms with van der Waals surface area (Å²) in [4.78, 5) is 8.44. The van der Waals surface area contributed by atoms with Crippen molar-refractivity contribution in [1.82, 2.24) is 9.97 Å². The molecular weight excluding hydrogens is 480 g/mol. The Morgan fingerprint density at radius 3 is 2.31 bits per heavy atom. The molecule has 0 aliphatic rings. The summed E-state index contributed by atoms with van der Waals surface area (Å²) in [6, 6.07) is 39.4. The van der Waals surface area contributed by atoms with E-state index in [1.165, 1.54) is 0 Å². The summed E-state index contributed by atoms with van der Waals surface area (Å²) in [5.74, 6) is 0.194. The average Bonchev–Trinajstić information content (AvgIpc) is 3.36. The monoisotopic (exact) mass is 504 g/mol. The van der Waals surface area contributed by atoms with Crippen LogP contribution in [0.2, 0.25) is 0 Å². The zero-order chi connectivity index (χ0) is 26.3. The van der Waals surface area contributed by atoms with Crippen LogP contribution in [0.15, 0.2) is 121 Å². The molecule has 0 fully saturated rings. The molecule has 4 N–H and O–H groups in total. The van der Waals surface area contributed by atoms with Gasteiger partial charge in [-0.05, 0) is 36.4 Å². The van der Waals surface area contributed by atoms with Crippen molar-refractivity contribution < 1.29 is 5.11 Å². The molecule has 0 radical (unpaired) electrons. The lowest BCUT2D eigenvalue weighted by Gasteiger charge is -2.15. The molecule has 0 saturated heterocycles. The molecular formula is C34H24N4O. The number of aromatic amines is 1. The molecule has 0 bridgehead atoms. The standard InChI is InChI=1S/C34H24N4O/c35-32(26-14-8-13-23-22-10-1-4-15-27(22)38-34(23)26)25-12-2-5-16-28(25)36-30-17-7-9-21-19-20-29(37-33(21)30)24-11-3-6-18-31(24)39/h1-20,35-36,38-39H. The number of rotatable bonds is 5. The fraction of sp³-hybridized carbons (Fsp3) is 0. The summed E-state index contributed by atoms with van der Waals surface area (Å²) in [6.07, 6.45) is 0. The normalized spacial score (nSPS) is 11.3. The SMILES string of the molecule is N=C(c1ccccc1Nc1cccc2ccc(-c3ccccc3O)nc12)c1cccc2c1[nH]c1ccccc12. The molecule has 2 aromatic heterocycles. The van der Waals surface area contributed by atoms with Crippen LogP contribution in [0.3, 0.4) is 0 Å². The molecule has 0 atom stereocenters. The molecule has 186 valence electrons. The maximum atomic E-state index is 10.4. The number of anilines is 2. The maximum absolute atomic E-state index is 10.4. The van der Waals surface area contributed by atoms with E-state index >= 15 is 0 Å². The topological polar surface area (TPSA) is 84.8 Å². The van der Waals surface area contributed by atoms with Gasteiger partial charge < -0.3 is 15.4 Å². The van der Waals surface area contributed by atoms with Crippen LogP contribution in [0.5, 0.6) is 5.75 Å². The van der Waals surface area contributed by atoms with Crippen LogP contribution in [-0.4, -0.2) is 20.8 Å². The lowest BCUT2D eigenvalue weighted by atomic mass is 9.98. The number of para-hydroxylation sites is 5. The Balaban J connectivity index is 1.32. The largest absolute Gasteiger partial charge is 0.507 e. The van der Waals surface area contributed by atoms with Crippen molar-refractivity contribution in [2.75, 3.05) is 5.32 Å². The van der Waals surface area contributed by atoms with Crippen molar-refractivity contribution in [2.24, 2.45) is 0 Å². The number of phenolic OH excluding ortho intramolecular Hbond substituents is 1. The minimum atomic E-state index is 0.194. The Kier molecular flexibility index (Phi) is 5.34. The van der Waals surface area contributed by atoms with Crippen molar-refractivity contribution in [3.63, 3.8) is 0 Å². The summed E-state index contributed by atoms with van der Waals surface area (Å²) in [7, 11) is 0. The molecule has 7 aromatic rings. The number of aromatic hydroxyl groups is 1. The van der Waals surface area contributed by atoms with Crippen LogP contribution >= 0.6 is 0 Å². The third-order valence-electron chi connectivity index (χ3n) is 7.18. The molecule has 5 nitrogen and oxygen atoms in total. The third-order valence-corrected chi connectivity index (χ3v) is 7.18. The highest BCUT2D eigenvalue weighted by Gasteiger charge is 2.16. The molecule has 5 aromatic carbocycles. The molecule has 7 rings (SSSR count). The number of benzene rings is 5. The van der Waals surface area contributed by atoms with Gasteiger partial charge in [0.2, 0.25) is 0 Å². The fourth-order valence-corrected chi connectivity index (χ4v) is 5.27. The van der Waals surface area contributed by atoms with E-state index in [-0.39, 0.29) is 5.75 Å². The first-order chi connectivity index (χ1) is 19.2. The van der Waals surface area contributed by atoms with E-state index in [2.05, 4.69) is 28.5 Å². The minimum Gasteiger partial charge on any atom is -0.507 e. The number of phenols is 1. The molecule has 0 saturated carbocycles. The van der Waals surface area contributed by atoms with Crippen molar-refractivity contribution in [1.29, 1.82) is 5.41 Å². The predicted octanol–water partition coefficient (Wildman–Crippen LogP) is 8.40. The van der Waals surface area contributed by atoms with E-state index in [1.54, 1.807) is 12.1 Å². The molecule has 2 heterocycles. The highest BCUT2D eigenvalue weighted by atomic mass is 16.3. The zero-order valence-electron chi connectivity index (χ0n) is 20.9. The second kappa shape index (κ2) is 9.15. The number of aromatic nitrogens is 2. The third kappa shape index (κ3) is 3.88. The summed E-state index contributed by atoms with van der Waals surface area (Å²) in [6.45, 7) is 0. The van der Waals surface area contributed by atoms with E-state index in [4.69, 9.17) is 4.98 Å². The second-order valence-electron chi connectivity index (χ2n) is 9.54. The number of pyridine rings is 1. The van der Waals surface area contributed by atoms with E-state index in [1.807, 2.05) is 91.0 Å². The molecule has 39 heavy (non-hydrogen) atoms. The Morgan fingerprint density at radius 1 is 0.667 bits per heavy atom. The number of hydrogen-bond acceptors (Lipinski definition) is 4. The first kappa shape index (κ1) is 22.8.